The third kappa shape index (κ3) is 5.49. The molecule has 2 bridgehead atoms. The van der Waals surface area contributed by atoms with E-state index in [-0.39, 0.29) is 64.6 Å². The summed E-state index contributed by atoms with van der Waals surface area (Å²) >= 11 is 13.1. The number of fused-ring (bicyclic) bond motifs is 4. The highest BCUT2D eigenvalue weighted by Gasteiger charge is 2.52. The van der Waals surface area contributed by atoms with E-state index in [9.17, 15) is 18.8 Å². The third-order valence-corrected chi connectivity index (χ3v) is 12.6. The van der Waals surface area contributed by atoms with E-state index in [2.05, 4.69) is 27.1 Å². The first-order chi connectivity index (χ1) is 25.5. The van der Waals surface area contributed by atoms with Crippen molar-refractivity contribution in [2.75, 3.05) is 6.54 Å². The van der Waals surface area contributed by atoms with Gasteiger partial charge in [0.25, 0.3) is 0 Å². The van der Waals surface area contributed by atoms with Crippen molar-refractivity contribution in [3.05, 3.63) is 75.5 Å². The Kier molecular flexibility index (Phi) is 8.40. The zero-order chi connectivity index (χ0) is 36.9. The van der Waals surface area contributed by atoms with Gasteiger partial charge in [-0.2, -0.15) is 19.1 Å². The summed E-state index contributed by atoms with van der Waals surface area (Å²) < 4.78 is 53.1. The molecule has 2 aliphatic carbocycles. The molecule has 2 aromatic carbocycles. The van der Waals surface area contributed by atoms with Crippen molar-refractivity contribution in [3.8, 4) is 22.9 Å². The number of likely N-dealkylation sites (tertiary alicyclic amines) is 1. The summed E-state index contributed by atoms with van der Waals surface area (Å²) in [4.78, 5) is 20.9. The van der Waals surface area contributed by atoms with Crippen LogP contribution in [0.25, 0.3) is 32.9 Å². The lowest BCUT2D eigenvalue weighted by molar-refractivity contribution is -0.136. The van der Waals surface area contributed by atoms with Gasteiger partial charge in [-0.25, -0.2) is 14.1 Å². The molecule has 274 valence electrons. The van der Waals surface area contributed by atoms with E-state index >= 15 is 4.39 Å². The SMILES string of the molecule is Cc1nc2c(F)c(-c3cccc(Cl)c3Cl)c(CCC#N)cc2c2c1cc([C@H]1C[C@H](Oc3cnn(C(F)F)c3)[C@@H](C)N1C(=O)C1CC1)n2[C@H]1[C@H]2CN[C@@H]1C2. The minimum atomic E-state index is -2.80. The molecule has 3 aromatic heterocycles. The average molecular weight is 763 g/mol. The average Bonchev–Trinajstić information content (AvgIpc) is 3.54. The summed E-state index contributed by atoms with van der Waals surface area (Å²) in [5.74, 6) is -0.00535. The van der Waals surface area contributed by atoms with Crippen molar-refractivity contribution in [2.45, 2.75) is 89.2 Å². The number of aryl methyl sites for hydroxylation is 2. The molecule has 9 nitrogen and oxygen atoms in total. The van der Waals surface area contributed by atoms with Gasteiger partial charge in [0, 0.05) is 64.6 Å². The van der Waals surface area contributed by atoms with Gasteiger partial charge in [0.1, 0.15) is 11.6 Å². The fraction of sp³-hybridized carbons (Fsp3) is 0.436. The standard InChI is InChI=1S/C39H36Cl2F3N7O2/c1-18-25-13-29(30-14-31(19(2)50(30)38(52)20-8-9-20)53-23-16-47-49(17-23)39(43)44)51(36-22-12-28(36)46-15-22)37(25)26-11-21(5-4-10-45)32(34(42)35(26)48-18)24-6-3-7-27(40)33(24)41/h3,6-7,11,13,16-17,19-20,22,28,30-31,36,39,46H,4-5,8-9,12,14-15H2,1-2H3/t19-,22-,28-,30-,31+,36+/m1/s1. The van der Waals surface area contributed by atoms with Gasteiger partial charge in [-0.05, 0) is 69.2 Å². The van der Waals surface area contributed by atoms with Crippen LogP contribution in [0.5, 0.6) is 5.75 Å². The van der Waals surface area contributed by atoms with Crippen LogP contribution in [0.3, 0.4) is 0 Å². The second-order valence-electron chi connectivity index (χ2n) is 14.9. The van der Waals surface area contributed by atoms with Gasteiger partial charge in [0.15, 0.2) is 11.6 Å². The molecule has 10 rings (SSSR count). The van der Waals surface area contributed by atoms with Crippen molar-refractivity contribution in [2.24, 2.45) is 11.8 Å². The molecule has 1 N–H and O–H groups in total. The van der Waals surface area contributed by atoms with Crippen molar-refractivity contribution in [1.82, 2.24) is 29.5 Å². The summed E-state index contributed by atoms with van der Waals surface area (Å²) in [5, 5.41) is 19.0. The van der Waals surface area contributed by atoms with E-state index in [0.29, 0.717) is 44.3 Å². The van der Waals surface area contributed by atoms with Crippen molar-refractivity contribution in [3.63, 3.8) is 0 Å². The Labute approximate surface area is 313 Å². The first-order valence-electron chi connectivity index (χ1n) is 18.1. The van der Waals surface area contributed by atoms with Crippen molar-refractivity contribution < 1.29 is 22.7 Å². The number of carbonyl (C=O) groups is 1. The lowest BCUT2D eigenvalue weighted by Crippen LogP contribution is -2.43. The maximum Gasteiger partial charge on any atom is 0.333 e. The van der Waals surface area contributed by atoms with Crippen molar-refractivity contribution in [1.29, 1.82) is 5.26 Å². The Bertz CT molecular complexity index is 2340. The zero-order valence-electron chi connectivity index (χ0n) is 29.0. The number of nitriles is 1. The van der Waals surface area contributed by atoms with Crippen LogP contribution in [0.4, 0.5) is 13.2 Å². The number of hydrogen-bond acceptors (Lipinski definition) is 6. The number of halogens is 5. The van der Waals surface area contributed by atoms with Gasteiger partial charge in [0.2, 0.25) is 5.91 Å². The monoisotopic (exact) mass is 761 g/mol. The largest absolute Gasteiger partial charge is 0.485 e. The maximum atomic E-state index is 17.2. The summed E-state index contributed by atoms with van der Waals surface area (Å²) in [6.45, 7) is 1.87. The van der Waals surface area contributed by atoms with E-state index in [1.165, 1.54) is 12.4 Å². The number of hydrogen-bond donors (Lipinski definition) is 1. The molecule has 2 saturated carbocycles. The fourth-order valence-corrected chi connectivity index (χ4v) is 9.46. The van der Waals surface area contributed by atoms with E-state index < -0.39 is 24.5 Å². The van der Waals surface area contributed by atoms with Crippen LogP contribution in [-0.4, -0.2) is 54.9 Å². The molecule has 5 fully saturated rings. The quantitative estimate of drug-likeness (QED) is 0.161. The van der Waals surface area contributed by atoms with Gasteiger partial charge in [-0.1, -0.05) is 35.3 Å². The minimum Gasteiger partial charge on any atom is -0.485 e. The number of nitrogens with zero attached hydrogens (tertiary/aromatic N) is 6. The molecule has 5 aliphatic rings. The smallest absolute Gasteiger partial charge is 0.333 e. The van der Waals surface area contributed by atoms with E-state index in [1.807, 2.05) is 24.8 Å². The summed E-state index contributed by atoms with van der Waals surface area (Å²) in [6.07, 6.45) is 5.48. The first kappa shape index (κ1) is 34.5. The number of pyridine rings is 1. The molecular weight excluding hydrogens is 726 g/mol. The Morgan fingerprint density at radius 2 is 2.00 bits per heavy atom. The van der Waals surface area contributed by atoms with Crippen LogP contribution in [0, 0.1) is 35.9 Å². The van der Waals surface area contributed by atoms with Crippen molar-refractivity contribution >= 4 is 50.9 Å². The van der Waals surface area contributed by atoms with E-state index in [4.69, 9.17) is 32.9 Å². The number of carbonyl (C=O) groups excluding carboxylic acids is 1. The Morgan fingerprint density at radius 1 is 1.19 bits per heavy atom. The summed E-state index contributed by atoms with van der Waals surface area (Å²) in [6, 6.07) is 10.8. The number of rotatable bonds is 9. The zero-order valence-corrected chi connectivity index (χ0v) is 30.5. The number of alkyl halides is 2. The Hall–Kier alpha value is -4.31. The molecule has 6 atom stereocenters. The molecule has 14 heteroatoms. The highest BCUT2D eigenvalue weighted by atomic mass is 35.5. The van der Waals surface area contributed by atoms with Gasteiger partial charge < -0.3 is 19.5 Å². The Balaban J connectivity index is 1.26. The maximum absolute atomic E-state index is 17.2. The number of ether oxygens (including phenoxy) is 1. The Morgan fingerprint density at radius 3 is 2.68 bits per heavy atom. The van der Waals surface area contributed by atoms with Gasteiger partial charge in [0.05, 0.1) is 52.2 Å². The normalized spacial score (nSPS) is 25.1. The molecule has 6 heterocycles. The molecule has 53 heavy (non-hydrogen) atoms. The second-order valence-corrected chi connectivity index (χ2v) is 15.7. The molecular formula is C39H36Cl2F3N7O2. The molecule has 0 spiro atoms. The predicted molar refractivity (Wildman–Crippen MR) is 195 cm³/mol. The van der Waals surface area contributed by atoms with Crippen LogP contribution in [0.15, 0.2) is 42.7 Å². The molecule has 5 aromatic rings. The number of benzene rings is 2. The molecule has 3 aliphatic heterocycles. The number of aromatic nitrogens is 4. The summed E-state index contributed by atoms with van der Waals surface area (Å²) in [5.41, 5.74) is 3.90. The lowest BCUT2D eigenvalue weighted by atomic mass is 9.79. The highest BCUT2D eigenvalue weighted by Crippen LogP contribution is 2.52. The van der Waals surface area contributed by atoms with Gasteiger partial charge in [-0.3, -0.25) is 4.79 Å². The molecule has 1 amide bonds. The summed E-state index contributed by atoms with van der Waals surface area (Å²) in [7, 11) is 0. The second kappa shape index (κ2) is 12.9. The van der Waals surface area contributed by atoms with Crippen LogP contribution in [-0.2, 0) is 11.2 Å². The van der Waals surface area contributed by atoms with Crippen LogP contribution < -0.4 is 10.1 Å². The lowest BCUT2D eigenvalue weighted by Gasteiger charge is -2.39. The molecule has 3 saturated heterocycles. The van der Waals surface area contributed by atoms with Crippen LogP contribution >= 0.6 is 23.2 Å². The fourth-order valence-electron chi connectivity index (χ4n) is 9.06. The van der Waals surface area contributed by atoms with Gasteiger partial charge in [-0.15, -0.1) is 0 Å². The minimum absolute atomic E-state index is 0.0518. The third-order valence-electron chi connectivity index (χ3n) is 11.8. The topological polar surface area (TPSA) is 101 Å². The van der Waals surface area contributed by atoms with Crippen LogP contribution in [0.1, 0.15) is 74.6 Å². The first-order valence-corrected chi connectivity index (χ1v) is 18.8. The number of nitrogens with one attached hydrogen (secondary N) is 1. The van der Waals surface area contributed by atoms with Crippen LogP contribution in [0.2, 0.25) is 10.0 Å². The number of amides is 1. The van der Waals surface area contributed by atoms with Gasteiger partial charge >= 0.3 is 6.55 Å². The molecule has 0 unspecified atom stereocenters. The van der Waals surface area contributed by atoms with E-state index in [0.717, 1.165) is 42.4 Å². The predicted octanol–water partition coefficient (Wildman–Crippen LogP) is 8.71. The molecule has 0 radical (unpaired) electrons. The van der Waals surface area contributed by atoms with E-state index in [1.54, 1.807) is 18.2 Å². The highest BCUT2D eigenvalue weighted by molar-refractivity contribution is 6.43.